The Bertz CT molecular complexity index is 687. The second-order valence-corrected chi connectivity index (χ2v) is 4.94. The highest BCUT2D eigenvalue weighted by Crippen LogP contribution is 2.20. The summed E-state index contributed by atoms with van der Waals surface area (Å²) in [7, 11) is 3.41. The number of aryl methyl sites for hydroxylation is 1. The number of nitrogens with one attached hydrogen (secondary N) is 1. The van der Waals surface area contributed by atoms with Gasteiger partial charge in [-0.15, -0.1) is 5.10 Å². The van der Waals surface area contributed by atoms with E-state index >= 15 is 0 Å². The first kappa shape index (κ1) is 12.6. The van der Waals surface area contributed by atoms with Crippen molar-refractivity contribution in [3.05, 3.63) is 23.8 Å². The molecule has 0 unspecified atom stereocenters. The SMILES string of the molecule is CNC(=O)C1CN(C(=O)c2ccc3c(c2)nnn3C)C1. The lowest BCUT2D eigenvalue weighted by molar-refractivity contribution is -0.128. The Hall–Kier alpha value is -2.44. The number of fused-ring (bicyclic) bond motifs is 1. The Morgan fingerprint density at radius 1 is 1.35 bits per heavy atom. The molecule has 1 aliphatic rings. The van der Waals surface area contributed by atoms with Crippen LogP contribution in [0.25, 0.3) is 11.0 Å². The lowest BCUT2D eigenvalue weighted by Crippen LogP contribution is -2.55. The lowest BCUT2D eigenvalue weighted by atomic mass is 9.98. The van der Waals surface area contributed by atoms with E-state index in [4.69, 9.17) is 0 Å². The molecule has 0 spiro atoms. The third-order valence-corrected chi connectivity index (χ3v) is 3.64. The van der Waals surface area contributed by atoms with E-state index in [9.17, 15) is 9.59 Å². The summed E-state index contributed by atoms with van der Waals surface area (Å²) >= 11 is 0. The van der Waals surface area contributed by atoms with Gasteiger partial charge in [0.1, 0.15) is 5.52 Å². The van der Waals surface area contributed by atoms with Gasteiger partial charge in [0, 0.05) is 32.7 Å². The highest BCUT2D eigenvalue weighted by atomic mass is 16.2. The molecular formula is C13H15N5O2. The number of likely N-dealkylation sites (tertiary alicyclic amines) is 1. The molecule has 2 heterocycles. The molecule has 1 aromatic carbocycles. The van der Waals surface area contributed by atoms with Gasteiger partial charge in [-0.25, -0.2) is 4.68 Å². The van der Waals surface area contributed by atoms with Gasteiger partial charge in [-0.3, -0.25) is 9.59 Å². The summed E-state index contributed by atoms with van der Waals surface area (Å²) in [4.78, 5) is 25.3. The van der Waals surface area contributed by atoms with E-state index in [1.807, 2.05) is 6.07 Å². The first-order valence-corrected chi connectivity index (χ1v) is 6.40. The van der Waals surface area contributed by atoms with E-state index in [-0.39, 0.29) is 17.7 Å². The maximum absolute atomic E-state index is 12.3. The Morgan fingerprint density at radius 3 is 2.80 bits per heavy atom. The molecule has 20 heavy (non-hydrogen) atoms. The molecule has 0 atom stereocenters. The van der Waals surface area contributed by atoms with Crippen LogP contribution < -0.4 is 5.32 Å². The zero-order valence-corrected chi connectivity index (χ0v) is 11.3. The van der Waals surface area contributed by atoms with Crippen LogP contribution in [0.2, 0.25) is 0 Å². The van der Waals surface area contributed by atoms with Crippen molar-refractivity contribution in [1.29, 1.82) is 0 Å². The molecule has 0 radical (unpaired) electrons. The number of nitrogens with zero attached hydrogens (tertiary/aromatic N) is 4. The van der Waals surface area contributed by atoms with E-state index in [1.165, 1.54) is 0 Å². The number of hydrogen-bond acceptors (Lipinski definition) is 4. The summed E-state index contributed by atoms with van der Waals surface area (Å²) in [5, 5.41) is 10.5. The van der Waals surface area contributed by atoms with Crippen LogP contribution in [0.5, 0.6) is 0 Å². The third kappa shape index (κ3) is 1.91. The van der Waals surface area contributed by atoms with Crippen molar-refractivity contribution >= 4 is 22.8 Å². The molecule has 0 bridgehead atoms. The van der Waals surface area contributed by atoms with Crippen LogP contribution in [-0.2, 0) is 11.8 Å². The highest BCUT2D eigenvalue weighted by molar-refractivity contribution is 5.98. The van der Waals surface area contributed by atoms with Crippen molar-refractivity contribution in [3.63, 3.8) is 0 Å². The van der Waals surface area contributed by atoms with Gasteiger partial charge in [0.15, 0.2) is 0 Å². The minimum Gasteiger partial charge on any atom is -0.359 e. The summed E-state index contributed by atoms with van der Waals surface area (Å²) < 4.78 is 1.66. The lowest BCUT2D eigenvalue weighted by Gasteiger charge is -2.38. The molecule has 3 rings (SSSR count). The maximum atomic E-state index is 12.3. The van der Waals surface area contributed by atoms with Crippen LogP contribution in [-0.4, -0.2) is 51.8 Å². The van der Waals surface area contributed by atoms with Crippen LogP contribution in [0.1, 0.15) is 10.4 Å². The van der Waals surface area contributed by atoms with Crippen molar-refractivity contribution in [2.24, 2.45) is 13.0 Å². The fourth-order valence-electron chi connectivity index (χ4n) is 2.37. The van der Waals surface area contributed by atoms with Crippen LogP contribution in [0.15, 0.2) is 18.2 Å². The number of carbonyl (C=O) groups excluding carboxylic acids is 2. The highest BCUT2D eigenvalue weighted by Gasteiger charge is 2.35. The fraction of sp³-hybridized carbons (Fsp3) is 0.385. The number of aromatic nitrogens is 3. The average molecular weight is 273 g/mol. The van der Waals surface area contributed by atoms with Gasteiger partial charge < -0.3 is 10.2 Å². The van der Waals surface area contributed by atoms with Gasteiger partial charge in [-0.1, -0.05) is 5.21 Å². The van der Waals surface area contributed by atoms with Crippen molar-refractivity contribution in [3.8, 4) is 0 Å². The number of carbonyl (C=O) groups is 2. The van der Waals surface area contributed by atoms with Crippen LogP contribution >= 0.6 is 0 Å². The second-order valence-electron chi connectivity index (χ2n) is 4.94. The van der Waals surface area contributed by atoms with Crippen molar-refractivity contribution in [1.82, 2.24) is 25.2 Å². The zero-order valence-electron chi connectivity index (χ0n) is 11.3. The summed E-state index contributed by atoms with van der Waals surface area (Å²) in [6, 6.07) is 5.33. The summed E-state index contributed by atoms with van der Waals surface area (Å²) in [6.45, 7) is 0.939. The van der Waals surface area contributed by atoms with Gasteiger partial charge in [0.2, 0.25) is 5.91 Å². The standard InChI is InChI=1S/C13H15N5O2/c1-14-12(19)9-6-18(7-9)13(20)8-3-4-11-10(5-8)15-16-17(11)2/h3-5,9H,6-7H2,1-2H3,(H,14,19). The molecule has 2 amide bonds. The molecular weight excluding hydrogens is 258 g/mol. The molecule has 1 saturated heterocycles. The molecule has 7 nitrogen and oxygen atoms in total. The number of hydrogen-bond donors (Lipinski definition) is 1. The van der Waals surface area contributed by atoms with Crippen LogP contribution in [0.3, 0.4) is 0 Å². The first-order chi connectivity index (χ1) is 9.60. The minimum absolute atomic E-state index is 0.0153. The van der Waals surface area contributed by atoms with Crippen molar-refractivity contribution < 1.29 is 9.59 Å². The average Bonchev–Trinajstić information content (AvgIpc) is 2.77. The number of amides is 2. The normalized spacial score (nSPS) is 15.2. The molecule has 1 aromatic heterocycles. The van der Waals surface area contributed by atoms with Gasteiger partial charge >= 0.3 is 0 Å². The topological polar surface area (TPSA) is 80.1 Å². The van der Waals surface area contributed by atoms with E-state index in [1.54, 1.807) is 35.8 Å². The monoisotopic (exact) mass is 273 g/mol. The quantitative estimate of drug-likeness (QED) is 0.820. The third-order valence-electron chi connectivity index (χ3n) is 3.64. The maximum Gasteiger partial charge on any atom is 0.253 e. The molecule has 2 aromatic rings. The van der Waals surface area contributed by atoms with E-state index < -0.39 is 0 Å². The van der Waals surface area contributed by atoms with Crippen LogP contribution in [0.4, 0.5) is 0 Å². The molecule has 1 N–H and O–H groups in total. The molecule has 1 fully saturated rings. The molecule has 0 saturated carbocycles. The van der Waals surface area contributed by atoms with Crippen LogP contribution in [0, 0.1) is 5.92 Å². The molecule has 1 aliphatic heterocycles. The van der Waals surface area contributed by atoms with Gasteiger partial charge in [0.05, 0.1) is 11.4 Å². The predicted octanol–water partition coefficient (Wildman–Crippen LogP) is -0.214. The predicted molar refractivity (Wildman–Crippen MR) is 72.0 cm³/mol. The first-order valence-electron chi connectivity index (χ1n) is 6.40. The largest absolute Gasteiger partial charge is 0.359 e. The van der Waals surface area contributed by atoms with Crippen molar-refractivity contribution in [2.45, 2.75) is 0 Å². The Kier molecular flexibility index (Phi) is 2.89. The minimum atomic E-state index is -0.0933. The van der Waals surface area contributed by atoms with Gasteiger partial charge in [0.25, 0.3) is 5.91 Å². The van der Waals surface area contributed by atoms with E-state index in [0.717, 1.165) is 5.52 Å². The summed E-state index contributed by atoms with van der Waals surface area (Å²) in [6.07, 6.45) is 0. The molecule has 0 aliphatic carbocycles. The van der Waals surface area contributed by atoms with Gasteiger partial charge in [-0.05, 0) is 18.2 Å². The zero-order chi connectivity index (χ0) is 14.3. The fourth-order valence-corrected chi connectivity index (χ4v) is 2.37. The number of rotatable bonds is 2. The number of benzene rings is 1. The molecule has 104 valence electrons. The summed E-state index contributed by atoms with van der Waals surface area (Å²) in [5.41, 5.74) is 2.16. The van der Waals surface area contributed by atoms with E-state index in [2.05, 4.69) is 15.6 Å². The smallest absolute Gasteiger partial charge is 0.253 e. The van der Waals surface area contributed by atoms with Crippen molar-refractivity contribution in [2.75, 3.05) is 20.1 Å². The second kappa shape index (κ2) is 4.59. The summed E-state index contributed by atoms with van der Waals surface area (Å²) in [5.74, 6) is -0.180. The Balaban J connectivity index is 1.75. The Labute approximate surface area is 115 Å². The molecule has 7 heteroatoms. The van der Waals surface area contributed by atoms with Gasteiger partial charge in [-0.2, -0.15) is 0 Å². The van der Waals surface area contributed by atoms with E-state index in [0.29, 0.717) is 24.2 Å². The Morgan fingerprint density at radius 2 is 2.10 bits per heavy atom.